The number of piperidine rings is 1. The minimum Gasteiger partial charge on any atom is -0.341 e. The molecule has 0 radical (unpaired) electrons. The van der Waals surface area contributed by atoms with Crippen molar-refractivity contribution in [2.24, 2.45) is 11.8 Å². The van der Waals surface area contributed by atoms with Crippen molar-refractivity contribution < 1.29 is 14.0 Å². The summed E-state index contributed by atoms with van der Waals surface area (Å²) in [6.45, 7) is 11.4. The van der Waals surface area contributed by atoms with Crippen LogP contribution in [0.15, 0.2) is 24.3 Å². The second-order valence-corrected chi connectivity index (χ2v) is 8.74. The summed E-state index contributed by atoms with van der Waals surface area (Å²) in [5.41, 5.74) is 0.470. The number of nitrogens with zero attached hydrogens (tertiary/aromatic N) is 3. The van der Waals surface area contributed by atoms with E-state index in [1.807, 2.05) is 11.8 Å². The molecule has 6 nitrogen and oxygen atoms in total. The molecule has 0 aromatic heterocycles. The number of carbonyl (C=O) groups is 2. The van der Waals surface area contributed by atoms with E-state index in [0.717, 1.165) is 39.3 Å². The molecule has 3 rings (SSSR count). The zero-order valence-corrected chi connectivity index (χ0v) is 17.7. The Bertz CT molecular complexity index is 711. The molecule has 29 heavy (non-hydrogen) atoms. The molecule has 1 aromatic rings. The van der Waals surface area contributed by atoms with E-state index in [1.165, 1.54) is 18.6 Å². The number of benzene rings is 1. The van der Waals surface area contributed by atoms with Crippen LogP contribution in [0, 0.1) is 17.7 Å². The summed E-state index contributed by atoms with van der Waals surface area (Å²) >= 11 is 0. The third-order valence-corrected chi connectivity index (χ3v) is 5.97. The second-order valence-electron chi connectivity index (χ2n) is 8.74. The van der Waals surface area contributed by atoms with Crippen LogP contribution < -0.4 is 5.32 Å². The highest BCUT2D eigenvalue weighted by atomic mass is 19.1. The highest BCUT2D eigenvalue weighted by molar-refractivity contribution is 5.92. The van der Waals surface area contributed by atoms with E-state index in [-0.39, 0.29) is 30.2 Å². The van der Waals surface area contributed by atoms with Crippen LogP contribution in [0.25, 0.3) is 0 Å². The topological polar surface area (TPSA) is 55.9 Å². The first-order chi connectivity index (χ1) is 13.8. The SMILES string of the molecule is C[C@@H]1C[C@H](C)CN(C(=O)[C@@H](C)N2CCN(CC(=O)Nc3cccc(F)c3)CC2)C1. The Kier molecular flexibility index (Phi) is 7.24. The van der Waals surface area contributed by atoms with E-state index >= 15 is 0 Å². The fourth-order valence-corrected chi connectivity index (χ4v) is 4.54. The second kappa shape index (κ2) is 9.67. The lowest BCUT2D eigenvalue weighted by Crippen LogP contribution is -2.56. The van der Waals surface area contributed by atoms with Gasteiger partial charge in [-0.15, -0.1) is 0 Å². The van der Waals surface area contributed by atoms with Crippen molar-refractivity contribution >= 4 is 17.5 Å². The molecule has 2 aliphatic rings. The molecule has 160 valence electrons. The molecule has 0 saturated carbocycles. The first kappa shape index (κ1) is 21.7. The molecule has 1 aromatic carbocycles. The summed E-state index contributed by atoms with van der Waals surface area (Å²) in [5, 5.41) is 2.74. The zero-order chi connectivity index (χ0) is 21.0. The standard InChI is InChI=1S/C22H33FN4O2/c1-16-11-17(2)14-27(13-16)22(29)18(3)26-9-7-25(8-10-26)15-21(28)24-20-6-4-5-19(23)12-20/h4-6,12,16-18H,7-11,13-15H2,1-3H3,(H,24,28)/t16-,17+,18-/m1/s1. The maximum atomic E-state index is 13.2. The van der Waals surface area contributed by atoms with Crippen LogP contribution in [0.1, 0.15) is 27.2 Å². The predicted molar refractivity (Wildman–Crippen MR) is 112 cm³/mol. The fourth-order valence-electron chi connectivity index (χ4n) is 4.54. The number of carbonyl (C=O) groups excluding carboxylic acids is 2. The lowest BCUT2D eigenvalue weighted by atomic mass is 9.91. The average Bonchev–Trinajstić information content (AvgIpc) is 2.66. The molecule has 2 aliphatic heterocycles. The van der Waals surface area contributed by atoms with Gasteiger partial charge in [0.15, 0.2) is 0 Å². The first-order valence-electron chi connectivity index (χ1n) is 10.6. The molecule has 2 heterocycles. The Morgan fingerprint density at radius 3 is 2.41 bits per heavy atom. The number of likely N-dealkylation sites (tertiary alicyclic amines) is 1. The highest BCUT2D eigenvalue weighted by Crippen LogP contribution is 2.22. The third-order valence-electron chi connectivity index (χ3n) is 5.97. The van der Waals surface area contributed by atoms with Gasteiger partial charge in [0, 0.05) is 45.0 Å². The van der Waals surface area contributed by atoms with Crippen molar-refractivity contribution in [1.82, 2.24) is 14.7 Å². The summed E-state index contributed by atoms with van der Waals surface area (Å²) in [6.07, 6.45) is 1.19. The number of piperazine rings is 1. The molecular weight excluding hydrogens is 371 g/mol. The largest absolute Gasteiger partial charge is 0.341 e. The van der Waals surface area contributed by atoms with Gasteiger partial charge in [-0.3, -0.25) is 19.4 Å². The van der Waals surface area contributed by atoms with Crippen molar-refractivity contribution in [3.63, 3.8) is 0 Å². The number of hydrogen-bond donors (Lipinski definition) is 1. The van der Waals surface area contributed by atoms with Gasteiger partial charge in [0.2, 0.25) is 11.8 Å². The van der Waals surface area contributed by atoms with Crippen molar-refractivity contribution in [3.8, 4) is 0 Å². The fraction of sp³-hybridized carbons (Fsp3) is 0.636. The van der Waals surface area contributed by atoms with Gasteiger partial charge in [0.1, 0.15) is 5.82 Å². The highest BCUT2D eigenvalue weighted by Gasteiger charge is 2.32. The minimum atomic E-state index is -0.368. The Labute approximate surface area is 173 Å². The maximum Gasteiger partial charge on any atom is 0.239 e. The number of amides is 2. The summed E-state index contributed by atoms with van der Waals surface area (Å²) in [5.74, 6) is 0.824. The molecule has 0 spiro atoms. The lowest BCUT2D eigenvalue weighted by Gasteiger charge is -2.41. The monoisotopic (exact) mass is 404 g/mol. The van der Waals surface area contributed by atoms with Crippen LogP contribution >= 0.6 is 0 Å². The molecule has 0 aliphatic carbocycles. The first-order valence-corrected chi connectivity index (χ1v) is 10.6. The lowest BCUT2D eigenvalue weighted by molar-refractivity contribution is -0.140. The average molecular weight is 405 g/mol. The van der Waals surface area contributed by atoms with E-state index in [4.69, 9.17) is 0 Å². The number of nitrogens with one attached hydrogen (secondary N) is 1. The van der Waals surface area contributed by atoms with Crippen LogP contribution in [0.2, 0.25) is 0 Å². The summed E-state index contributed by atoms with van der Waals surface area (Å²) in [7, 11) is 0. The van der Waals surface area contributed by atoms with Crippen LogP contribution in [0.3, 0.4) is 0 Å². The van der Waals surface area contributed by atoms with Gasteiger partial charge < -0.3 is 10.2 Å². The Morgan fingerprint density at radius 2 is 1.79 bits per heavy atom. The quantitative estimate of drug-likeness (QED) is 0.818. The molecule has 0 unspecified atom stereocenters. The molecule has 2 amide bonds. The van der Waals surface area contributed by atoms with Gasteiger partial charge in [-0.25, -0.2) is 4.39 Å². The van der Waals surface area contributed by atoms with E-state index in [9.17, 15) is 14.0 Å². The third kappa shape index (κ3) is 6.00. The van der Waals surface area contributed by atoms with Gasteiger partial charge in [0.05, 0.1) is 12.6 Å². The van der Waals surface area contributed by atoms with Crippen molar-refractivity contribution in [1.29, 1.82) is 0 Å². The summed E-state index contributed by atoms with van der Waals surface area (Å²) in [6, 6.07) is 5.78. The number of hydrogen-bond acceptors (Lipinski definition) is 4. The number of anilines is 1. The maximum absolute atomic E-state index is 13.2. The molecule has 3 atom stereocenters. The Hall–Kier alpha value is -1.99. The molecule has 1 N–H and O–H groups in total. The van der Waals surface area contributed by atoms with Crippen LogP contribution in [-0.2, 0) is 9.59 Å². The normalized spacial score (nSPS) is 24.9. The van der Waals surface area contributed by atoms with Gasteiger partial charge in [0.25, 0.3) is 0 Å². The Morgan fingerprint density at radius 1 is 1.14 bits per heavy atom. The minimum absolute atomic E-state index is 0.129. The van der Waals surface area contributed by atoms with Gasteiger partial charge in [-0.1, -0.05) is 19.9 Å². The van der Waals surface area contributed by atoms with E-state index in [2.05, 4.69) is 29.0 Å². The van der Waals surface area contributed by atoms with Gasteiger partial charge in [-0.2, -0.15) is 0 Å². The Balaban J connectivity index is 1.44. The van der Waals surface area contributed by atoms with Crippen LogP contribution in [-0.4, -0.2) is 78.4 Å². The van der Waals surface area contributed by atoms with Gasteiger partial charge >= 0.3 is 0 Å². The zero-order valence-electron chi connectivity index (χ0n) is 17.7. The molecule has 2 fully saturated rings. The van der Waals surface area contributed by atoms with Crippen molar-refractivity contribution in [2.45, 2.75) is 33.2 Å². The number of halogens is 1. The summed E-state index contributed by atoms with van der Waals surface area (Å²) < 4.78 is 13.2. The van der Waals surface area contributed by atoms with E-state index in [0.29, 0.717) is 17.5 Å². The van der Waals surface area contributed by atoms with Crippen molar-refractivity contribution in [3.05, 3.63) is 30.1 Å². The predicted octanol–water partition coefficient (Wildman–Crippen LogP) is 2.27. The van der Waals surface area contributed by atoms with Crippen LogP contribution in [0.5, 0.6) is 0 Å². The molecular formula is C22H33FN4O2. The smallest absolute Gasteiger partial charge is 0.239 e. The number of rotatable bonds is 5. The molecule has 0 bridgehead atoms. The van der Waals surface area contributed by atoms with Crippen LogP contribution in [0.4, 0.5) is 10.1 Å². The van der Waals surface area contributed by atoms with E-state index in [1.54, 1.807) is 12.1 Å². The molecule has 2 saturated heterocycles. The van der Waals surface area contributed by atoms with E-state index < -0.39 is 0 Å². The van der Waals surface area contributed by atoms with Crippen molar-refractivity contribution in [2.75, 3.05) is 51.1 Å². The molecule has 7 heteroatoms. The van der Waals surface area contributed by atoms with Gasteiger partial charge in [-0.05, 0) is 43.4 Å². The summed E-state index contributed by atoms with van der Waals surface area (Å²) in [4.78, 5) is 31.5.